The Labute approximate surface area is 107 Å². The first-order valence-corrected chi connectivity index (χ1v) is 5.80. The highest BCUT2D eigenvalue weighted by Crippen LogP contribution is 2.10. The fourth-order valence-corrected chi connectivity index (χ4v) is 1.26. The van der Waals surface area contributed by atoms with E-state index in [1.807, 2.05) is 0 Å². The van der Waals surface area contributed by atoms with Crippen molar-refractivity contribution in [1.29, 1.82) is 0 Å². The van der Waals surface area contributed by atoms with Crippen LogP contribution in [-0.2, 0) is 4.74 Å². The van der Waals surface area contributed by atoms with Gasteiger partial charge in [-0.1, -0.05) is 0 Å². The average Bonchev–Trinajstić information content (AvgIpc) is 2.76. The van der Waals surface area contributed by atoms with Gasteiger partial charge in [-0.3, -0.25) is 4.79 Å². The van der Waals surface area contributed by atoms with Gasteiger partial charge in [-0.05, 0) is 32.9 Å². The molecule has 0 fully saturated rings. The molecule has 0 radical (unpaired) electrons. The zero-order valence-electron chi connectivity index (χ0n) is 11.2. The molecule has 0 bridgehead atoms. The van der Waals surface area contributed by atoms with Crippen molar-refractivity contribution in [2.75, 3.05) is 13.6 Å². The van der Waals surface area contributed by atoms with Gasteiger partial charge in [0.1, 0.15) is 5.60 Å². The molecule has 0 atom stereocenters. The number of amides is 1. The molecular formula is C13H19NO4. The molecule has 5 nitrogen and oxygen atoms in total. The Morgan fingerprint density at radius 1 is 1.39 bits per heavy atom. The van der Waals surface area contributed by atoms with E-state index < -0.39 is 11.7 Å². The Kier molecular flexibility index (Phi) is 4.53. The lowest BCUT2D eigenvalue weighted by molar-refractivity contribution is 0.0298. The lowest BCUT2D eigenvalue weighted by atomic mass is 10.2. The quantitative estimate of drug-likeness (QED) is 0.774. The predicted molar refractivity (Wildman–Crippen MR) is 66.5 cm³/mol. The number of Topliss-reactive ketones (excluding diaryl/α,β-unsaturated/α-hetero) is 1. The molecule has 0 unspecified atom stereocenters. The number of carbonyl (C=O) groups excluding carboxylic acids is 2. The van der Waals surface area contributed by atoms with Gasteiger partial charge in [0.15, 0.2) is 11.5 Å². The molecule has 0 aliphatic heterocycles. The number of ketones is 1. The van der Waals surface area contributed by atoms with Crippen LogP contribution in [0.4, 0.5) is 4.79 Å². The molecule has 1 heterocycles. The maximum absolute atomic E-state index is 11.6. The summed E-state index contributed by atoms with van der Waals surface area (Å²) >= 11 is 0. The molecule has 0 aliphatic rings. The average molecular weight is 253 g/mol. The summed E-state index contributed by atoms with van der Waals surface area (Å²) in [7, 11) is 1.60. The molecule has 0 spiro atoms. The van der Waals surface area contributed by atoms with E-state index >= 15 is 0 Å². The summed E-state index contributed by atoms with van der Waals surface area (Å²) in [5, 5.41) is 0. The van der Waals surface area contributed by atoms with Gasteiger partial charge in [0.25, 0.3) is 0 Å². The molecular weight excluding hydrogens is 234 g/mol. The van der Waals surface area contributed by atoms with E-state index in [0.717, 1.165) is 0 Å². The van der Waals surface area contributed by atoms with Gasteiger partial charge < -0.3 is 14.1 Å². The minimum atomic E-state index is -0.531. The second kappa shape index (κ2) is 5.71. The topological polar surface area (TPSA) is 59.8 Å². The largest absolute Gasteiger partial charge is 0.461 e. The third kappa shape index (κ3) is 4.61. The molecule has 0 N–H and O–H groups in total. The van der Waals surface area contributed by atoms with Crippen LogP contribution >= 0.6 is 0 Å². The number of furan rings is 1. The van der Waals surface area contributed by atoms with Gasteiger partial charge in [-0.25, -0.2) is 4.79 Å². The number of hydrogen-bond donors (Lipinski definition) is 0. The summed E-state index contributed by atoms with van der Waals surface area (Å²) in [5.74, 6) is 0.183. The van der Waals surface area contributed by atoms with E-state index in [2.05, 4.69) is 0 Å². The number of nitrogens with zero attached hydrogens (tertiary/aromatic N) is 1. The summed E-state index contributed by atoms with van der Waals surface area (Å²) in [6.45, 7) is 5.70. The first kappa shape index (κ1) is 14.3. The molecule has 0 saturated heterocycles. The number of carbonyl (C=O) groups is 2. The summed E-state index contributed by atoms with van der Waals surface area (Å²) in [4.78, 5) is 24.7. The highest BCUT2D eigenvalue weighted by molar-refractivity contribution is 5.93. The summed E-state index contributed by atoms with van der Waals surface area (Å²) in [6.07, 6.45) is 1.23. The Bertz CT molecular complexity index is 403. The van der Waals surface area contributed by atoms with E-state index in [-0.39, 0.29) is 12.2 Å². The zero-order valence-corrected chi connectivity index (χ0v) is 11.2. The highest BCUT2D eigenvalue weighted by atomic mass is 16.6. The Morgan fingerprint density at radius 3 is 2.56 bits per heavy atom. The van der Waals surface area contributed by atoms with E-state index in [0.29, 0.717) is 12.3 Å². The van der Waals surface area contributed by atoms with Crippen molar-refractivity contribution in [3.8, 4) is 0 Å². The third-order valence-electron chi connectivity index (χ3n) is 2.18. The van der Waals surface area contributed by atoms with Gasteiger partial charge in [0.05, 0.1) is 6.26 Å². The SMILES string of the molecule is CN(CCC(=O)c1ccco1)C(=O)OC(C)(C)C. The van der Waals surface area contributed by atoms with Crippen molar-refractivity contribution in [3.05, 3.63) is 24.2 Å². The van der Waals surface area contributed by atoms with Gasteiger partial charge in [0, 0.05) is 20.0 Å². The van der Waals surface area contributed by atoms with Crippen molar-refractivity contribution in [2.45, 2.75) is 32.8 Å². The van der Waals surface area contributed by atoms with Crippen LogP contribution in [0.5, 0.6) is 0 Å². The monoisotopic (exact) mass is 253 g/mol. The maximum atomic E-state index is 11.6. The van der Waals surface area contributed by atoms with Gasteiger partial charge in [-0.2, -0.15) is 0 Å². The zero-order chi connectivity index (χ0) is 13.8. The molecule has 100 valence electrons. The smallest absolute Gasteiger partial charge is 0.410 e. The van der Waals surface area contributed by atoms with Crippen LogP contribution in [0.3, 0.4) is 0 Å². The lowest BCUT2D eigenvalue weighted by Crippen LogP contribution is -2.35. The molecule has 1 aromatic heterocycles. The van der Waals surface area contributed by atoms with Crippen molar-refractivity contribution in [3.63, 3.8) is 0 Å². The lowest BCUT2D eigenvalue weighted by Gasteiger charge is -2.24. The fourth-order valence-electron chi connectivity index (χ4n) is 1.26. The Morgan fingerprint density at radius 2 is 2.06 bits per heavy atom. The predicted octanol–water partition coefficient (Wildman–Crippen LogP) is 2.72. The van der Waals surface area contributed by atoms with E-state index in [9.17, 15) is 9.59 Å². The molecule has 1 aromatic rings. The van der Waals surface area contributed by atoms with Crippen LogP contribution in [0.15, 0.2) is 22.8 Å². The fraction of sp³-hybridized carbons (Fsp3) is 0.538. The van der Waals surface area contributed by atoms with E-state index in [1.54, 1.807) is 40.0 Å². The number of ether oxygens (including phenoxy) is 1. The van der Waals surface area contributed by atoms with Crippen LogP contribution in [0.25, 0.3) is 0 Å². The van der Waals surface area contributed by atoms with Crippen molar-refractivity contribution >= 4 is 11.9 Å². The third-order valence-corrected chi connectivity index (χ3v) is 2.18. The van der Waals surface area contributed by atoms with Gasteiger partial charge >= 0.3 is 6.09 Å². The van der Waals surface area contributed by atoms with E-state index in [4.69, 9.17) is 9.15 Å². The first-order chi connectivity index (χ1) is 8.29. The molecule has 0 aliphatic carbocycles. The molecule has 1 amide bonds. The second-order valence-electron chi connectivity index (χ2n) is 5.05. The first-order valence-electron chi connectivity index (χ1n) is 5.80. The van der Waals surface area contributed by atoms with Crippen LogP contribution in [0, 0.1) is 0 Å². The summed E-state index contributed by atoms with van der Waals surface area (Å²) < 4.78 is 10.2. The van der Waals surface area contributed by atoms with E-state index in [1.165, 1.54) is 11.2 Å². The Balaban J connectivity index is 2.39. The number of rotatable bonds is 4. The molecule has 0 aromatic carbocycles. The standard InChI is InChI=1S/C13H19NO4/c1-13(2,3)18-12(16)14(4)8-7-10(15)11-6-5-9-17-11/h5-6,9H,7-8H2,1-4H3. The van der Waals surface area contributed by atoms with Gasteiger partial charge in [0.2, 0.25) is 0 Å². The molecule has 18 heavy (non-hydrogen) atoms. The van der Waals surface area contributed by atoms with Gasteiger partial charge in [-0.15, -0.1) is 0 Å². The molecule has 5 heteroatoms. The maximum Gasteiger partial charge on any atom is 0.410 e. The van der Waals surface area contributed by atoms with Crippen molar-refractivity contribution in [2.24, 2.45) is 0 Å². The molecule has 0 saturated carbocycles. The summed E-state index contributed by atoms with van der Waals surface area (Å²) in [5.41, 5.74) is -0.531. The molecule has 1 rings (SSSR count). The normalized spacial score (nSPS) is 11.1. The van der Waals surface area contributed by atoms with Crippen molar-refractivity contribution < 1.29 is 18.7 Å². The Hall–Kier alpha value is -1.78. The van der Waals surface area contributed by atoms with Crippen LogP contribution in [-0.4, -0.2) is 36.0 Å². The highest BCUT2D eigenvalue weighted by Gasteiger charge is 2.20. The van der Waals surface area contributed by atoms with Crippen LogP contribution in [0.1, 0.15) is 37.7 Å². The minimum Gasteiger partial charge on any atom is -0.461 e. The van der Waals surface area contributed by atoms with Crippen molar-refractivity contribution in [1.82, 2.24) is 4.90 Å². The van der Waals surface area contributed by atoms with Crippen LogP contribution in [0.2, 0.25) is 0 Å². The second-order valence-corrected chi connectivity index (χ2v) is 5.05. The minimum absolute atomic E-state index is 0.129. The van der Waals surface area contributed by atoms with Crippen LogP contribution < -0.4 is 0 Å². The number of hydrogen-bond acceptors (Lipinski definition) is 4. The summed E-state index contributed by atoms with van der Waals surface area (Å²) in [6, 6.07) is 3.26.